The maximum absolute atomic E-state index is 10.5. The Morgan fingerprint density at radius 3 is 1.90 bits per heavy atom. The average molecular weight is 313 g/mol. The van der Waals surface area contributed by atoms with Crippen LogP contribution in [-0.2, 0) is 0 Å². The van der Waals surface area contributed by atoms with E-state index in [1.165, 1.54) is 14.2 Å². The number of rotatable bonds is 4. The van der Waals surface area contributed by atoms with Crippen LogP contribution in [0.5, 0.6) is 11.5 Å². The minimum Gasteiger partial charge on any atom is -0.495 e. The summed E-state index contributed by atoms with van der Waals surface area (Å²) in [6.07, 6.45) is -0.958. The number of halogens is 2. The van der Waals surface area contributed by atoms with E-state index in [-0.39, 0.29) is 10.0 Å². The van der Waals surface area contributed by atoms with Crippen LogP contribution in [0.25, 0.3) is 0 Å². The van der Waals surface area contributed by atoms with Crippen molar-refractivity contribution in [2.24, 2.45) is 0 Å². The molecular weight excluding hydrogens is 299 g/mol. The first-order chi connectivity index (χ1) is 9.60. The van der Waals surface area contributed by atoms with Crippen LogP contribution in [0.3, 0.4) is 0 Å². The molecule has 0 aliphatic carbocycles. The normalized spacial score (nSPS) is 12.1. The molecule has 1 unspecified atom stereocenters. The molecule has 0 saturated carbocycles. The Balaban J connectivity index is 2.60. The first kappa shape index (κ1) is 15.0. The van der Waals surface area contributed by atoms with Crippen molar-refractivity contribution in [2.75, 3.05) is 14.2 Å². The molecule has 106 valence electrons. The SMILES string of the molecule is COc1cc(OC)c(Cl)c(C(O)c2ccccc2)c1Cl. The Hall–Kier alpha value is -1.42. The van der Waals surface area contributed by atoms with Gasteiger partial charge in [0.1, 0.15) is 17.6 Å². The molecule has 2 aromatic rings. The molecule has 0 heterocycles. The number of hydrogen-bond acceptors (Lipinski definition) is 3. The Bertz CT molecular complexity index is 572. The van der Waals surface area contributed by atoms with E-state index in [9.17, 15) is 5.11 Å². The van der Waals surface area contributed by atoms with E-state index in [0.29, 0.717) is 22.6 Å². The second kappa shape index (κ2) is 6.35. The zero-order valence-corrected chi connectivity index (χ0v) is 12.6. The fourth-order valence-corrected chi connectivity index (χ4v) is 2.65. The topological polar surface area (TPSA) is 38.7 Å². The lowest BCUT2D eigenvalue weighted by molar-refractivity contribution is 0.219. The number of benzene rings is 2. The summed E-state index contributed by atoms with van der Waals surface area (Å²) >= 11 is 12.5. The molecular formula is C15H14Cl2O3. The van der Waals surface area contributed by atoms with Crippen LogP contribution in [0.2, 0.25) is 10.0 Å². The van der Waals surface area contributed by atoms with Gasteiger partial charge in [-0.25, -0.2) is 0 Å². The number of ether oxygens (including phenoxy) is 2. The minimum absolute atomic E-state index is 0.273. The van der Waals surface area contributed by atoms with Gasteiger partial charge in [-0.1, -0.05) is 53.5 Å². The highest BCUT2D eigenvalue weighted by Gasteiger charge is 2.23. The molecule has 1 N–H and O–H groups in total. The first-order valence-electron chi connectivity index (χ1n) is 5.93. The standard InChI is InChI=1S/C15H14Cl2O3/c1-19-10-8-11(20-2)14(17)12(13(10)16)15(18)9-6-4-3-5-7-9/h3-8,15,18H,1-2H3. The molecule has 1 atom stereocenters. The quantitative estimate of drug-likeness (QED) is 0.924. The predicted octanol–water partition coefficient (Wildman–Crippen LogP) is 4.09. The van der Waals surface area contributed by atoms with E-state index in [1.807, 2.05) is 18.2 Å². The molecule has 3 nitrogen and oxygen atoms in total. The van der Waals surface area contributed by atoms with Gasteiger partial charge in [0.25, 0.3) is 0 Å². The number of hydrogen-bond donors (Lipinski definition) is 1. The fourth-order valence-electron chi connectivity index (χ4n) is 1.95. The van der Waals surface area contributed by atoms with Crippen LogP contribution in [0, 0.1) is 0 Å². The largest absolute Gasteiger partial charge is 0.495 e. The Morgan fingerprint density at radius 1 is 0.950 bits per heavy atom. The summed E-state index contributed by atoms with van der Waals surface area (Å²) in [5, 5.41) is 11.1. The van der Waals surface area contributed by atoms with Gasteiger partial charge in [0, 0.05) is 11.6 Å². The second-order valence-electron chi connectivity index (χ2n) is 4.14. The monoisotopic (exact) mass is 312 g/mol. The lowest BCUT2D eigenvalue weighted by Crippen LogP contribution is -2.04. The number of aliphatic hydroxyl groups is 1. The molecule has 2 aromatic carbocycles. The van der Waals surface area contributed by atoms with E-state index in [2.05, 4.69) is 0 Å². The van der Waals surface area contributed by atoms with Crippen molar-refractivity contribution in [2.45, 2.75) is 6.10 Å². The van der Waals surface area contributed by atoms with Crippen LogP contribution < -0.4 is 9.47 Å². The van der Waals surface area contributed by atoms with E-state index >= 15 is 0 Å². The maximum Gasteiger partial charge on any atom is 0.141 e. The summed E-state index contributed by atoms with van der Waals surface area (Å²) < 4.78 is 10.4. The number of aliphatic hydroxyl groups excluding tert-OH is 1. The van der Waals surface area contributed by atoms with Gasteiger partial charge in [-0.05, 0) is 5.56 Å². The van der Waals surface area contributed by atoms with Crippen molar-refractivity contribution in [3.63, 3.8) is 0 Å². The zero-order valence-electron chi connectivity index (χ0n) is 11.1. The van der Waals surface area contributed by atoms with Gasteiger partial charge in [0.2, 0.25) is 0 Å². The van der Waals surface area contributed by atoms with Crippen LogP contribution in [-0.4, -0.2) is 19.3 Å². The molecule has 0 aliphatic heterocycles. The molecule has 20 heavy (non-hydrogen) atoms. The molecule has 0 aliphatic rings. The smallest absolute Gasteiger partial charge is 0.141 e. The van der Waals surface area contributed by atoms with Gasteiger partial charge in [-0.2, -0.15) is 0 Å². The number of methoxy groups -OCH3 is 2. The van der Waals surface area contributed by atoms with E-state index < -0.39 is 6.10 Å². The second-order valence-corrected chi connectivity index (χ2v) is 4.89. The molecule has 0 aromatic heterocycles. The van der Waals surface area contributed by atoms with Crippen molar-refractivity contribution in [3.05, 3.63) is 57.6 Å². The van der Waals surface area contributed by atoms with Crippen LogP contribution in [0.15, 0.2) is 36.4 Å². The highest BCUT2D eigenvalue weighted by atomic mass is 35.5. The van der Waals surface area contributed by atoms with Gasteiger partial charge in [0.05, 0.1) is 24.3 Å². The molecule has 5 heteroatoms. The average Bonchev–Trinajstić information content (AvgIpc) is 2.48. The van der Waals surface area contributed by atoms with Crippen LogP contribution in [0.4, 0.5) is 0 Å². The van der Waals surface area contributed by atoms with E-state index in [1.54, 1.807) is 18.2 Å². The van der Waals surface area contributed by atoms with E-state index in [4.69, 9.17) is 32.7 Å². The third-order valence-electron chi connectivity index (χ3n) is 3.00. The summed E-state index contributed by atoms with van der Waals surface area (Å²) in [7, 11) is 2.99. The summed E-state index contributed by atoms with van der Waals surface area (Å²) in [5.74, 6) is 0.802. The third-order valence-corrected chi connectivity index (χ3v) is 3.78. The molecule has 2 rings (SSSR count). The van der Waals surface area contributed by atoms with Crippen molar-refractivity contribution in [1.82, 2.24) is 0 Å². The van der Waals surface area contributed by atoms with Crippen molar-refractivity contribution in [3.8, 4) is 11.5 Å². The molecule has 0 spiro atoms. The summed E-state index contributed by atoms with van der Waals surface area (Å²) in [4.78, 5) is 0. The minimum atomic E-state index is -0.958. The Morgan fingerprint density at radius 2 is 1.45 bits per heavy atom. The first-order valence-corrected chi connectivity index (χ1v) is 6.68. The molecule has 0 amide bonds. The molecule has 0 saturated heterocycles. The lowest BCUT2D eigenvalue weighted by Gasteiger charge is -2.19. The predicted molar refractivity (Wildman–Crippen MR) is 80.1 cm³/mol. The van der Waals surface area contributed by atoms with Gasteiger partial charge in [-0.15, -0.1) is 0 Å². The van der Waals surface area contributed by atoms with Crippen LogP contribution >= 0.6 is 23.2 Å². The maximum atomic E-state index is 10.5. The van der Waals surface area contributed by atoms with Crippen molar-refractivity contribution in [1.29, 1.82) is 0 Å². The summed E-state index contributed by atoms with van der Waals surface area (Å²) in [5.41, 5.74) is 1.06. The van der Waals surface area contributed by atoms with Crippen molar-refractivity contribution < 1.29 is 14.6 Å². The van der Waals surface area contributed by atoms with E-state index in [0.717, 1.165) is 0 Å². The Kier molecular flexibility index (Phi) is 4.76. The summed E-state index contributed by atoms with van der Waals surface area (Å²) in [6, 6.07) is 10.7. The Labute approximate surface area is 127 Å². The lowest BCUT2D eigenvalue weighted by atomic mass is 10.0. The van der Waals surface area contributed by atoms with Gasteiger partial charge >= 0.3 is 0 Å². The van der Waals surface area contributed by atoms with Gasteiger partial charge in [-0.3, -0.25) is 0 Å². The van der Waals surface area contributed by atoms with Gasteiger partial charge < -0.3 is 14.6 Å². The van der Waals surface area contributed by atoms with Crippen LogP contribution in [0.1, 0.15) is 17.2 Å². The fraction of sp³-hybridized carbons (Fsp3) is 0.200. The molecule has 0 bridgehead atoms. The zero-order chi connectivity index (χ0) is 14.7. The van der Waals surface area contributed by atoms with Gasteiger partial charge in [0.15, 0.2) is 0 Å². The highest BCUT2D eigenvalue weighted by molar-refractivity contribution is 6.38. The molecule has 0 fully saturated rings. The van der Waals surface area contributed by atoms with Crippen molar-refractivity contribution >= 4 is 23.2 Å². The highest BCUT2D eigenvalue weighted by Crippen LogP contribution is 2.44. The summed E-state index contributed by atoms with van der Waals surface area (Å²) in [6.45, 7) is 0. The molecule has 0 radical (unpaired) electrons. The third kappa shape index (κ3) is 2.70.